The van der Waals surface area contributed by atoms with Gasteiger partial charge in [0.2, 0.25) is 0 Å². The molecule has 10 heteroatoms. The molecule has 3 N–H and O–H groups in total. The van der Waals surface area contributed by atoms with Crippen molar-refractivity contribution in [2.45, 2.75) is 0 Å². The molecule has 28 heavy (non-hydrogen) atoms. The topological polar surface area (TPSA) is 135 Å². The first-order valence-corrected chi connectivity index (χ1v) is 8.56. The van der Waals surface area contributed by atoms with Crippen LogP contribution in [0.1, 0.15) is 15.9 Å². The maximum absolute atomic E-state index is 12.0. The highest BCUT2D eigenvalue weighted by atomic mass is 79.9. The van der Waals surface area contributed by atoms with Crippen molar-refractivity contribution >= 4 is 40.0 Å². The van der Waals surface area contributed by atoms with Crippen LogP contribution in [0.5, 0.6) is 11.5 Å². The number of ether oxygens (including phenoxy) is 2. The van der Waals surface area contributed by atoms with Crippen molar-refractivity contribution in [3.05, 3.63) is 58.1 Å². The zero-order chi connectivity index (χ0) is 20.5. The van der Waals surface area contributed by atoms with Crippen molar-refractivity contribution in [2.75, 3.05) is 13.2 Å². The Kier molecular flexibility index (Phi) is 7.52. The number of carboxylic acids is 2. The molecule has 0 unspecified atom stereocenters. The Morgan fingerprint density at radius 1 is 0.964 bits per heavy atom. The number of carboxylic acid groups (broad SMARTS) is 2. The Bertz CT molecular complexity index is 897. The van der Waals surface area contributed by atoms with Gasteiger partial charge in [-0.05, 0) is 48.0 Å². The molecule has 0 aliphatic carbocycles. The second kappa shape index (κ2) is 10.1. The van der Waals surface area contributed by atoms with E-state index in [1.54, 1.807) is 30.3 Å². The molecule has 0 spiro atoms. The molecule has 2 rings (SSSR count). The zero-order valence-corrected chi connectivity index (χ0v) is 15.9. The van der Waals surface area contributed by atoms with Crippen molar-refractivity contribution < 1.29 is 34.1 Å². The molecule has 0 saturated heterocycles. The third-order valence-electron chi connectivity index (χ3n) is 3.16. The van der Waals surface area contributed by atoms with Gasteiger partial charge in [-0.3, -0.25) is 4.79 Å². The number of aliphatic carboxylic acids is 2. The van der Waals surface area contributed by atoms with E-state index in [4.69, 9.17) is 19.7 Å². The van der Waals surface area contributed by atoms with E-state index in [2.05, 4.69) is 26.5 Å². The standard InChI is InChI=1S/C18H15BrN2O7/c19-13-4-2-12(3-5-13)18(26)21-20-8-11-1-6-14(27-9-16(22)23)15(7-11)28-10-17(24)25/h1-8H,9-10H2,(H,21,26)(H,22,23)(H,24,25). The number of hydrazone groups is 1. The minimum atomic E-state index is -1.20. The first-order chi connectivity index (χ1) is 13.3. The molecule has 0 atom stereocenters. The number of halogens is 1. The molecule has 146 valence electrons. The van der Waals surface area contributed by atoms with Gasteiger partial charge in [0.1, 0.15) is 0 Å². The van der Waals surface area contributed by atoms with E-state index in [0.717, 1.165) is 4.47 Å². The molecular weight excluding hydrogens is 436 g/mol. The molecule has 0 aliphatic rings. The summed E-state index contributed by atoms with van der Waals surface area (Å²) in [6.45, 7) is -1.25. The summed E-state index contributed by atoms with van der Waals surface area (Å²) in [5.41, 5.74) is 3.25. The Hall–Kier alpha value is -3.40. The van der Waals surface area contributed by atoms with Gasteiger partial charge in [0.05, 0.1) is 6.21 Å². The fourth-order valence-corrected chi connectivity index (χ4v) is 2.21. The molecule has 9 nitrogen and oxygen atoms in total. The van der Waals surface area contributed by atoms with Crippen LogP contribution in [0.3, 0.4) is 0 Å². The number of hydrogen-bond acceptors (Lipinski definition) is 6. The van der Waals surface area contributed by atoms with Crippen LogP contribution in [0.2, 0.25) is 0 Å². The summed E-state index contributed by atoms with van der Waals surface area (Å²) in [6.07, 6.45) is 1.32. The quantitative estimate of drug-likeness (QED) is 0.393. The molecule has 0 saturated carbocycles. The van der Waals surface area contributed by atoms with E-state index >= 15 is 0 Å². The molecule has 1 amide bonds. The minimum absolute atomic E-state index is 0.0341. The van der Waals surface area contributed by atoms with Gasteiger partial charge in [0.15, 0.2) is 24.7 Å². The van der Waals surface area contributed by atoms with Crippen molar-refractivity contribution in [3.63, 3.8) is 0 Å². The normalized spacial score (nSPS) is 10.5. The van der Waals surface area contributed by atoms with Gasteiger partial charge in [0.25, 0.3) is 5.91 Å². The fraction of sp³-hybridized carbons (Fsp3) is 0.111. The van der Waals surface area contributed by atoms with Crippen LogP contribution in [0, 0.1) is 0 Å². The lowest BCUT2D eigenvalue weighted by atomic mass is 10.2. The molecule has 0 aromatic heterocycles. The van der Waals surface area contributed by atoms with Crippen molar-refractivity contribution in [1.29, 1.82) is 0 Å². The lowest BCUT2D eigenvalue weighted by molar-refractivity contribution is -0.140. The predicted octanol–water partition coefficient (Wildman–Crippen LogP) is 2.14. The van der Waals surface area contributed by atoms with Gasteiger partial charge < -0.3 is 19.7 Å². The lowest BCUT2D eigenvalue weighted by Crippen LogP contribution is -2.17. The van der Waals surface area contributed by atoms with Gasteiger partial charge in [-0.15, -0.1) is 0 Å². The number of carbonyl (C=O) groups is 3. The summed E-state index contributed by atoms with van der Waals surface area (Å²) in [7, 11) is 0. The van der Waals surface area contributed by atoms with Gasteiger partial charge >= 0.3 is 11.9 Å². The summed E-state index contributed by atoms with van der Waals surface area (Å²) in [5, 5.41) is 21.3. The maximum Gasteiger partial charge on any atom is 0.341 e. The van der Waals surface area contributed by atoms with Crippen molar-refractivity contribution in [1.82, 2.24) is 5.43 Å². The highest BCUT2D eigenvalue weighted by Crippen LogP contribution is 2.28. The highest BCUT2D eigenvalue weighted by molar-refractivity contribution is 9.10. The largest absolute Gasteiger partial charge is 0.479 e. The van der Waals surface area contributed by atoms with Crippen LogP contribution in [-0.4, -0.2) is 47.5 Å². The molecule has 0 fully saturated rings. The van der Waals surface area contributed by atoms with Gasteiger partial charge in [0, 0.05) is 10.0 Å². The van der Waals surface area contributed by atoms with Crippen LogP contribution in [0.4, 0.5) is 0 Å². The average Bonchev–Trinajstić information content (AvgIpc) is 2.65. The average molecular weight is 451 g/mol. The van der Waals surface area contributed by atoms with Gasteiger partial charge in [-0.1, -0.05) is 15.9 Å². The first kappa shape index (κ1) is 20.9. The molecule has 0 bridgehead atoms. The number of hydrogen-bond donors (Lipinski definition) is 3. The lowest BCUT2D eigenvalue weighted by Gasteiger charge is -2.11. The third-order valence-corrected chi connectivity index (χ3v) is 3.68. The van der Waals surface area contributed by atoms with Crippen LogP contribution in [0.25, 0.3) is 0 Å². The summed E-state index contributed by atoms with van der Waals surface area (Å²) in [4.78, 5) is 33.3. The Morgan fingerprint density at radius 2 is 1.57 bits per heavy atom. The maximum atomic E-state index is 12.0. The van der Waals surface area contributed by atoms with E-state index in [-0.39, 0.29) is 11.5 Å². The van der Waals surface area contributed by atoms with E-state index < -0.39 is 31.1 Å². The molecule has 0 heterocycles. The van der Waals surface area contributed by atoms with Crippen LogP contribution >= 0.6 is 15.9 Å². The zero-order valence-electron chi connectivity index (χ0n) is 14.3. The molecule has 0 aliphatic heterocycles. The summed E-state index contributed by atoms with van der Waals surface area (Å²) in [6, 6.07) is 11.1. The van der Waals surface area contributed by atoms with Crippen LogP contribution in [-0.2, 0) is 9.59 Å². The number of carbonyl (C=O) groups excluding carboxylic acids is 1. The van der Waals surface area contributed by atoms with Crippen molar-refractivity contribution in [2.24, 2.45) is 5.10 Å². The minimum Gasteiger partial charge on any atom is -0.479 e. The summed E-state index contributed by atoms with van der Waals surface area (Å²) >= 11 is 3.28. The van der Waals surface area contributed by atoms with E-state index in [9.17, 15) is 14.4 Å². The highest BCUT2D eigenvalue weighted by Gasteiger charge is 2.10. The second-order valence-corrected chi connectivity index (χ2v) is 6.19. The summed E-state index contributed by atoms with van der Waals surface area (Å²) in [5.74, 6) is -2.70. The van der Waals surface area contributed by atoms with E-state index in [0.29, 0.717) is 11.1 Å². The number of nitrogens with one attached hydrogen (secondary N) is 1. The predicted molar refractivity (Wildman–Crippen MR) is 102 cm³/mol. The number of amides is 1. The molecule has 2 aromatic rings. The number of nitrogens with zero attached hydrogens (tertiary/aromatic N) is 1. The Labute approximate surface area is 167 Å². The Morgan fingerprint density at radius 3 is 2.18 bits per heavy atom. The van der Waals surface area contributed by atoms with E-state index in [1.165, 1.54) is 18.3 Å². The first-order valence-electron chi connectivity index (χ1n) is 7.77. The smallest absolute Gasteiger partial charge is 0.341 e. The van der Waals surface area contributed by atoms with Gasteiger partial charge in [-0.2, -0.15) is 5.10 Å². The third kappa shape index (κ3) is 6.72. The molecular formula is C18H15BrN2O7. The van der Waals surface area contributed by atoms with Gasteiger partial charge in [-0.25, -0.2) is 15.0 Å². The summed E-state index contributed by atoms with van der Waals surface area (Å²) < 4.78 is 11.0. The Balaban J connectivity index is 2.08. The van der Waals surface area contributed by atoms with Crippen LogP contribution in [0.15, 0.2) is 52.0 Å². The number of benzene rings is 2. The SMILES string of the molecule is O=C(O)COc1ccc(C=NNC(=O)c2ccc(Br)cc2)cc1OCC(=O)O. The fourth-order valence-electron chi connectivity index (χ4n) is 1.95. The molecule has 2 aromatic carbocycles. The molecule has 0 radical (unpaired) electrons. The van der Waals surface area contributed by atoms with Crippen molar-refractivity contribution in [3.8, 4) is 11.5 Å². The second-order valence-electron chi connectivity index (χ2n) is 5.28. The monoisotopic (exact) mass is 450 g/mol. The van der Waals surface area contributed by atoms with Crippen LogP contribution < -0.4 is 14.9 Å². The van der Waals surface area contributed by atoms with E-state index in [1.807, 2.05) is 0 Å². The number of rotatable bonds is 9.